The van der Waals surface area contributed by atoms with Gasteiger partial charge in [0.2, 0.25) is 0 Å². The van der Waals surface area contributed by atoms with Crippen molar-refractivity contribution in [2.24, 2.45) is 5.92 Å². The average molecular weight is 336 g/mol. The van der Waals surface area contributed by atoms with Crippen LogP contribution in [0.4, 0.5) is 4.79 Å². The lowest BCUT2D eigenvalue weighted by Gasteiger charge is -2.21. The van der Waals surface area contributed by atoms with Gasteiger partial charge in [-0.15, -0.1) is 0 Å². The van der Waals surface area contributed by atoms with Gasteiger partial charge in [-0.1, -0.05) is 26.0 Å². The van der Waals surface area contributed by atoms with Gasteiger partial charge in [0.1, 0.15) is 5.75 Å². The molecule has 6 nitrogen and oxygen atoms in total. The molecule has 2 amide bonds. The highest BCUT2D eigenvalue weighted by atomic mass is 16.5. The number of carboxylic acids is 1. The summed E-state index contributed by atoms with van der Waals surface area (Å²) in [5, 5.41) is 11.5. The lowest BCUT2D eigenvalue weighted by Crippen LogP contribution is -2.39. The van der Waals surface area contributed by atoms with Gasteiger partial charge in [0.05, 0.1) is 19.1 Å². The smallest absolute Gasteiger partial charge is 0.317 e. The molecule has 0 fully saturated rings. The van der Waals surface area contributed by atoms with Crippen LogP contribution in [0.5, 0.6) is 5.75 Å². The molecule has 0 aliphatic heterocycles. The second-order valence-electron chi connectivity index (χ2n) is 6.34. The Bertz CT molecular complexity index is 528. The summed E-state index contributed by atoms with van der Waals surface area (Å²) in [5.74, 6) is 0.505. The Morgan fingerprint density at radius 1 is 1.21 bits per heavy atom. The number of rotatable bonds is 9. The number of nitrogens with one attached hydrogen (secondary N) is 1. The topological polar surface area (TPSA) is 78.9 Å². The lowest BCUT2D eigenvalue weighted by atomic mass is 10.1. The summed E-state index contributed by atoms with van der Waals surface area (Å²) in [6, 6.07) is 7.18. The third kappa shape index (κ3) is 7.35. The summed E-state index contributed by atoms with van der Waals surface area (Å²) in [6.07, 6.45) is 0.942. The summed E-state index contributed by atoms with van der Waals surface area (Å²) in [5.41, 5.74) is 0.964. The van der Waals surface area contributed by atoms with Crippen molar-refractivity contribution < 1.29 is 19.4 Å². The summed E-state index contributed by atoms with van der Waals surface area (Å²) < 4.78 is 5.67. The molecule has 0 radical (unpaired) electrons. The van der Waals surface area contributed by atoms with E-state index in [4.69, 9.17) is 9.84 Å². The standard InChI is InChI=1S/C18H28N2O4/c1-13(2)10-12-24-16-7-5-15(6-8-16)14(3)19-18(23)20(4)11-9-17(21)22/h5-8,13-14H,9-12H2,1-4H3,(H,19,23)(H,21,22). The highest BCUT2D eigenvalue weighted by Crippen LogP contribution is 2.18. The Kier molecular flexibility index (Phi) is 8.09. The third-order valence-electron chi connectivity index (χ3n) is 3.69. The lowest BCUT2D eigenvalue weighted by molar-refractivity contribution is -0.137. The van der Waals surface area contributed by atoms with Crippen LogP contribution < -0.4 is 10.1 Å². The van der Waals surface area contributed by atoms with E-state index in [0.29, 0.717) is 12.5 Å². The van der Waals surface area contributed by atoms with E-state index >= 15 is 0 Å². The second kappa shape index (κ2) is 9.80. The van der Waals surface area contributed by atoms with Crippen molar-refractivity contribution in [2.45, 2.75) is 39.7 Å². The number of aliphatic carboxylic acids is 1. The molecule has 0 aromatic heterocycles. The summed E-state index contributed by atoms with van der Waals surface area (Å²) in [7, 11) is 1.58. The Labute approximate surface area is 143 Å². The van der Waals surface area contributed by atoms with Gasteiger partial charge in [0.25, 0.3) is 0 Å². The number of hydrogen-bond donors (Lipinski definition) is 2. The number of ether oxygens (including phenoxy) is 1. The highest BCUT2D eigenvalue weighted by molar-refractivity contribution is 5.75. The van der Waals surface area contributed by atoms with Crippen LogP contribution in [-0.4, -0.2) is 42.2 Å². The molecule has 0 spiro atoms. The molecule has 1 unspecified atom stereocenters. The van der Waals surface area contributed by atoms with Crippen molar-refractivity contribution in [3.8, 4) is 5.75 Å². The maximum absolute atomic E-state index is 12.0. The largest absolute Gasteiger partial charge is 0.494 e. The van der Waals surface area contributed by atoms with Gasteiger partial charge >= 0.3 is 12.0 Å². The minimum absolute atomic E-state index is 0.0687. The zero-order chi connectivity index (χ0) is 18.1. The molecule has 0 heterocycles. The molecule has 0 saturated carbocycles. The fourth-order valence-electron chi connectivity index (χ4n) is 2.01. The molecular formula is C18H28N2O4. The molecular weight excluding hydrogens is 308 g/mol. The molecule has 1 aromatic rings. The molecule has 6 heteroatoms. The van der Waals surface area contributed by atoms with Gasteiger partial charge in [0.15, 0.2) is 0 Å². The summed E-state index contributed by atoms with van der Waals surface area (Å²) in [4.78, 5) is 23.9. The third-order valence-corrected chi connectivity index (χ3v) is 3.69. The fourth-order valence-corrected chi connectivity index (χ4v) is 2.01. The molecule has 134 valence electrons. The first-order valence-corrected chi connectivity index (χ1v) is 8.25. The van der Waals surface area contributed by atoms with Gasteiger partial charge < -0.3 is 20.1 Å². The second-order valence-corrected chi connectivity index (χ2v) is 6.34. The fraction of sp³-hybridized carbons (Fsp3) is 0.556. The van der Waals surface area contributed by atoms with Crippen molar-refractivity contribution >= 4 is 12.0 Å². The minimum atomic E-state index is -0.921. The maximum Gasteiger partial charge on any atom is 0.317 e. The Morgan fingerprint density at radius 3 is 2.38 bits per heavy atom. The van der Waals surface area contributed by atoms with Crippen molar-refractivity contribution in [3.05, 3.63) is 29.8 Å². The van der Waals surface area contributed by atoms with E-state index in [1.165, 1.54) is 4.90 Å². The monoisotopic (exact) mass is 336 g/mol. The van der Waals surface area contributed by atoms with E-state index < -0.39 is 5.97 Å². The van der Waals surface area contributed by atoms with Crippen LogP contribution in [0.25, 0.3) is 0 Å². The first-order chi connectivity index (χ1) is 11.3. The molecule has 0 saturated heterocycles. The molecule has 0 aliphatic carbocycles. The normalized spacial score (nSPS) is 11.9. The van der Waals surface area contributed by atoms with E-state index in [9.17, 15) is 9.59 Å². The predicted molar refractivity (Wildman–Crippen MR) is 93.2 cm³/mol. The number of carbonyl (C=O) groups is 2. The van der Waals surface area contributed by atoms with Gasteiger partial charge in [0, 0.05) is 13.6 Å². The van der Waals surface area contributed by atoms with Gasteiger partial charge in [-0.25, -0.2) is 4.79 Å². The Morgan fingerprint density at radius 2 is 1.83 bits per heavy atom. The number of urea groups is 1. The van der Waals surface area contributed by atoms with Crippen molar-refractivity contribution in [1.29, 1.82) is 0 Å². The zero-order valence-electron chi connectivity index (χ0n) is 14.9. The van der Waals surface area contributed by atoms with Crippen LogP contribution in [0, 0.1) is 5.92 Å². The Balaban J connectivity index is 2.48. The zero-order valence-corrected chi connectivity index (χ0v) is 14.9. The molecule has 1 atom stereocenters. The molecule has 1 rings (SSSR count). The first-order valence-electron chi connectivity index (χ1n) is 8.25. The number of hydrogen-bond acceptors (Lipinski definition) is 3. The summed E-state index contributed by atoms with van der Waals surface area (Å²) in [6.45, 7) is 7.07. The quantitative estimate of drug-likeness (QED) is 0.725. The molecule has 1 aromatic carbocycles. The SMILES string of the molecule is CC(C)CCOc1ccc(C(C)NC(=O)N(C)CCC(=O)O)cc1. The minimum Gasteiger partial charge on any atom is -0.494 e. The van der Waals surface area contributed by atoms with Crippen LogP contribution in [-0.2, 0) is 4.79 Å². The number of carbonyl (C=O) groups excluding carboxylic acids is 1. The highest BCUT2D eigenvalue weighted by Gasteiger charge is 2.14. The maximum atomic E-state index is 12.0. The van der Waals surface area contributed by atoms with E-state index in [1.807, 2.05) is 31.2 Å². The summed E-state index contributed by atoms with van der Waals surface area (Å²) >= 11 is 0. The van der Waals surface area contributed by atoms with Crippen LogP contribution in [0.2, 0.25) is 0 Å². The van der Waals surface area contributed by atoms with Crippen molar-refractivity contribution in [3.63, 3.8) is 0 Å². The van der Waals surface area contributed by atoms with Gasteiger partial charge in [-0.3, -0.25) is 4.79 Å². The molecule has 0 bridgehead atoms. The van der Waals surface area contributed by atoms with E-state index in [-0.39, 0.29) is 25.0 Å². The van der Waals surface area contributed by atoms with Gasteiger partial charge in [-0.05, 0) is 37.0 Å². The van der Waals surface area contributed by atoms with Crippen LogP contribution in [0.1, 0.15) is 45.2 Å². The molecule has 24 heavy (non-hydrogen) atoms. The number of nitrogens with zero attached hydrogens (tertiary/aromatic N) is 1. The van der Waals surface area contributed by atoms with E-state index in [2.05, 4.69) is 19.2 Å². The van der Waals surface area contributed by atoms with Crippen molar-refractivity contribution in [1.82, 2.24) is 10.2 Å². The number of benzene rings is 1. The van der Waals surface area contributed by atoms with Crippen molar-refractivity contribution in [2.75, 3.05) is 20.2 Å². The first kappa shape index (κ1) is 19.8. The Hall–Kier alpha value is -2.24. The van der Waals surface area contributed by atoms with E-state index in [1.54, 1.807) is 7.05 Å². The van der Waals surface area contributed by atoms with E-state index in [0.717, 1.165) is 17.7 Å². The number of carboxylic acid groups (broad SMARTS) is 1. The molecule has 0 aliphatic rings. The number of amides is 2. The predicted octanol–water partition coefficient (Wildman–Crippen LogP) is 3.29. The van der Waals surface area contributed by atoms with Crippen LogP contribution in [0.15, 0.2) is 24.3 Å². The van der Waals surface area contributed by atoms with Crippen LogP contribution >= 0.6 is 0 Å². The average Bonchev–Trinajstić information content (AvgIpc) is 2.52. The van der Waals surface area contributed by atoms with Crippen LogP contribution in [0.3, 0.4) is 0 Å². The molecule has 2 N–H and O–H groups in total. The van der Waals surface area contributed by atoms with Gasteiger partial charge in [-0.2, -0.15) is 0 Å².